The van der Waals surface area contributed by atoms with Crippen molar-refractivity contribution in [1.29, 1.82) is 0 Å². The molecule has 188 valence electrons. The molecule has 0 aromatic heterocycles. The van der Waals surface area contributed by atoms with Gasteiger partial charge in [0.1, 0.15) is 18.2 Å². The van der Waals surface area contributed by atoms with Crippen molar-refractivity contribution in [3.05, 3.63) is 59.7 Å². The van der Waals surface area contributed by atoms with E-state index in [0.717, 1.165) is 22.3 Å². The molecule has 0 spiro atoms. The van der Waals surface area contributed by atoms with E-state index in [4.69, 9.17) is 9.47 Å². The number of carbonyl (C=O) groups is 3. The Balaban J connectivity index is 1.42. The topological polar surface area (TPSA) is 114 Å². The lowest BCUT2D eigenvalue weighted by atomic mass is 9.98. The summed E-state index contributed by atoms with van der Waals surface area (Å²) in [6, 6.07) is 15.0. The molecule has 8 nitrogen and oxygen atoms in total. The standard InChI is InChI=1S/C27H34N2O6/c1-27(2,3)35-24(30)16-28-15-9-8-14-23(25(31)32)29-26(33)34-17-22-20-12-6-4-10-18(20)19-11-5-7-13-21(19)22/h4-7,10-13,22-23,28H,8-9,14-17H2,1-3H3,(H,29,33)(H,31,32)/t23-/m0/s1. The van der Waals surface area contributed by atoms with Crippen molar-refractivity contribution in [2.45, 2.75) is 57.6 Å². The number of benzene rings is 2. The van der Waals surface area contributed by atoms with E-state index in [0.29, 0.717) is 19.4 Å². The van der Waals surface area contributed by atoms with Gasteiger partial charge < -0.3 is 25.2 Å². The van der Waals surface area contributed by atoms with Gasteiger partial charge in [-0.15, -0.1) is 0 Å². The smallest absolute Gasteiger partial charge is 0.407 e. The predicted molar refractivity (Wildman–Crippen MR) is 132 cm³/mol. The third-order valence-corrected chi connectivity index (χ3v) is 5.72. The van der Waals surface area contributed by atoms with Crippen LogP contribution >= 0.6 is 0 Å². The average molecular weight is 483 g/mol. The maximum absolute atomic E-state index is 12.4. The van der Waals surface area contributed by atoms with E-state index in [1.807, 2.05) is 36.4 Å². The molecule has 0 saturated heterocycles. The van der Waals surface area contributed by atoms with Crippen molar-refractivity contribution in [2.75, 3.05) is 19.7 Å². The minimum atomic E-state index is -1.11. The monoisotopic (exact) mass is 482 g/mol. The molecule has 1 atom stereocenters. The van der Waals surface area contributed by atoms with Crippen LogP contribution < -0.4 is 10.6 Å². The maximum Gasteiger partial charge on any atom is 0.407 e. The summed E-state index contributed by atoms with van der Waals surface area (Å²) in [6.45, 7) is 6.18. The van der Waals surface area contributed by atoms with Crippen LogP contribution in [0.4, 0.5) is 4.79 Å². The van der Waals surface area contributed by atoms with Gasteiger partial charge in [0.2, 0.25) is 0 Å². The normalized spacial score (nSPS) is 13.5. The SMILES string of the molecule is CC(C)(C)OC(=O)CNCCCC[C@H](NC(=O)OCC1c2ccccc2-c2ccccc21)C(=O)O. The Bertz CT molecular complexity index is 1000. The van der Waals surface area contributed by atoms with Crippen LogP contribution in [-0.4, -0.2) is 54.5 Å². The summed E-state index contributed by atoms with van der Waals surface area (Å²) >= 11 is 0. The fraction of sp³-hybridized carbons (Fsp3) is 0.444. The number of rotatable bonds is 11. The number of nitrogens with one attached hydrogen (secondary N) is 2. The number of hydrogen-bond acceptors (Lipinski definition) is 6. The first-order valence-electron chi connectivity index (χ1n) is 11.9. The first-order valence-corrected chi connectivity index (χ1v) is 11.9. The molecule has 0 saturated carbocycles. The van der Waals surface area contributed by atoms with Crippen molar-refractivity contribution in [3.8, 4) is 11.1 Å². The van der Waals surface area contributed by atoms with Gasteiger partial charge in [0.05, 0.1) is 6.54 Å². The summed E-state index contributed by atoms with van der Waals surface area (Å²) in [7, 11) is 0. The number of fused-ring (bicyclic) bond motifs is 3. The highest BCUT2D eigenvalue weighted by molar-refractivity contribution is 5.81. The van der Waals surface area contributed by atoms with Gasteiger partial charge in [0, 0.05) is 5.92 Å². The number of esters is 1. The average Bonchev–Trinajstić information content (AvgIpc) is 3.11. The number of hydrogen-bond donors (Lipinski definition) is 3. The molecule has 3 N–H and O–H groups in total. The van der Waals surface area contributed by atoms with Gasteiger partial charge in [-0.1, -0.05) is 48.5 Å². The van der Waals surface area contributed by atoms with Crippen LogP contribution in [0.3, 0.4) is 0 Å². The molecular weight excluding hydrogens is 448 g/mol. The lowest BCUT2D eigenvalue weighted by Crippen LogP contribution is -2.41. The second-order valence-electron chi connectivity index (χ2n) is 9.62. The summed E-state index contributed by atoms with van der Waals surface area (Å²) in [5.41, 5.74) is 3.91. The van der Waals surface area contributed by atoms with Crippen LogP contribution in [0.25, 0.3) is 11.1 Å². The lowest BCUT2D eigenvalue weighted by Gasteiger charge is -2.19. The van der Waals surface area contributed by atoms with E-state index in [-0.39, 0.29) is 31.5 Å². The molecule has 0 bridgehead atoms. The number of carboxylic acid groups (broad SMARTS) is 1. The summed E-state index contributed by atoms with van der Waals surface area (Å²) in [5, 5.41) is 15.0. The zero-order chi connectivity index (χ0) is 25.4. The van der Waals surface area contributed by atoms with E-state index in [9.17, 15) is 19.5 Å². The van der Waals surface area contributed by atoms with Crippen molar-refractivity contribution in [3.63, 3.8) is 0 Å². The van der Waals surface area contributed by atoms with Gasteiger partial charge in [0.25, 0.3) is 0 Å². The van der Waals surface area contributed by atoms with E-state index in [2.05, 4.69) is 22.8 Å². The Labute approximate surface area is 206 Å². The number of alkyl carbamates (subject to hydrolysis) is 1. The van der Waals surface area contributed by atoms with Gasteiger partial charge in [-0.25, -0.2) is 9.59 Å². The molecule has 3 rings (SSSR count). The van der Waals surface area contributed by atoms with Crippen LogP contribution in [0.5, 0.6) is 0 Å². The Morgan fingerprint density at radius 1 is 0.971 bits per heavy atom. The fourth-order valence-electron chi connectivity index (χ4n) is 4.21. The van der Waals surface area contributed by atoms with Gasteiger partial charge >= 0.3 is 18.0 Å². The van der Waals surface area contributed by atoms with Gasteiger partial charge in [-0.2, -0.15) is 0 Å². The molecule has 1 amide bonds. The third-order valence-electron chi connectivity index (χ3n) is 5.72. The van der Waals surface area contributed by atoms with Crippen LogP contribution in [0.2, 0.25) is 0 Å². The first kappa shape index (κ1) is 26.2. The van der Waals surface area contributed by atoms with Gasteiger partial charge in [-0.3, -0.25) is 4.79 Å². The minimum absolute atomic E-state index is 0.0903. The van der Waals surface area contributed by atoms with Crippen LogP contribution in [-0.2, 0) is 19.1 Å². The molecule has 1 aliphatic rings. The van der Waals surface area contributed by atoms with E-state index in [1.165, 1.54) is 0 Å². The van der Waals surface area contributed by atoms with E-state index in [1.54, 1.807) is 20.8 Å². The van der Waals surface area contributed by atoms with Crippen LogP contribution in [0, 0.1) is 0 Å². The van der Waals surface area contributed by atoms with Gasteiger partial charge in [0.15, 0.2) is 0 Å². The van der Waals surface area contributed by atoms with Crippen molar-refractivity contribution in [1.82, 2.24) is 10.6 Å². The van der Waals surface area contributed by atoms with E-state index >= 15 is 0 Å². The number of amides is 1. The highest BCUT2D eigenvalue weighted by Crippen LogP contribution is 2.44. The lowest BCUT2D eigenvalue weighted by molar-refractivity contribution is -0.153. The zero-order valence-corrected chi connectivity index (χ0v) is 20.5. The summed E-state index contributed by atoms with van der Waals surface area (Å²) in [5.74, 6) is -1.54. The fourth-order valence-corrected chi connectivity index (χ4v) is 4.21. The zero-order valence-electron chi connectivity index (χ0n) is 20.5. The second kappa shape index (κ2) is 11.8. The van der Waals surface area contributed by atoms with Crippen LogP contribution in [0.15, 0.2) is 48.5 Å². The molecule has 2 aromatic carbocycles. The summed E-state index contributed by atoms with van der Waals surface area (Å²) < 4.78 is 10.7. The first-order chi connectivity index (χ1) is 16.7. The number of ether oxygens (including phenoxy) is 2. The quantitative estimate of drug-likeness (QED) is 0.327. The molecule has 8 heteroatoms. The molecular formula is C27H34N2O6. The Hall–Kier alpha value is -3.39. The molecule has 2 aromatic rings. The molecule has 0 heterocycles. The highest BCUT2D eigenvalue weighted by atomic mass is 16.6. The predicted octanol–water partition coefficient (Wildman–Crippen LogP) is 4.08. The highest BCUT2D eigenvalue weighted by Gasteiger charge is 2.29. The molecule has 0 unspecified atom stereocenters. The van der Waals surface area contributed by atoms with Crippen molar-refractivity contribution >= 4 is 18.0 Å². The summed E-state index contributed by atoms with van der Waals surface area (Å²) in [6.07, 6.45) is 0.719. The second-order valence-corrected chi connectivity index (χ2v) is 9.62. The Morgan fingerprint density at radius 2 is 1.57 bits per heavy atom. The van der Waals surface area contributed by atoms with Crippen LogP contribution in [0.1, 0.15) is 57.1 Å². The third kappa shape index (κ3) is 7.55. The largest absolute Gasteiger partial charge is 0.480 e. The molecule has 0 radical (unpaired) electrons. The number of carbonyl (C=O) groups excluding carboxylic acids is 2. The minimum Gasteiger partial charge on any atom is -0.480 e. The number of unbranched alkanes of at least 4 members (excludes halogenated alkanes) is 1. The Morgan fingerprint density at radius 3 is 2.14 bits per heavy atom. The van der Waals surface area contributed by atoms with Gasteiger partial charge in [-0.05, 0) is 68.8 Å². The van der Waals surface area contributed by atoms with Crippen molar-refractivity contribution < 1.29 is 29.0 Å². The van der Waals surface area contributed by atoms with E-state index < -0.39 is 23.7 Å². The molecule has 0 fully saturated rings. The number of aliphatic carboxylic acids is 1. The molecule has 0 aliphatic heterocycles. The maximum atomic E-state index is 12.4. The van der Waals surface area contributed by atoms with Crippen molar-refractivity contribution in [2.24, 2.45) is 0 Å². The molecule has 1 aliphatic carbocycles. The Kier molecular flexibility index (Phi) is 8.87. The number of carboxylic acids is 1. The molecule has 35 heavy (non-hydrogen) atoms. The summed E-state index contributed by atoms with van der Waals surface area (Å²) in [4.78, 5) is 35.7.